The Kier molecular flexibility index (Phi) is 5.77. The van der Waals surface area contributed by atoms with Gasteiger partial charge in [-0.1, -0.05) is 48.0 Å². The van der Waals surface area contributed by atoms with E-state index in [4.69, 9.17) is 0 Å². The molecule has 0 atom stereocenters. The minimum absolute atomic E-state index is 0.114. The third kappa shape index (κ3) is 4.73. The van der Waals surface area contributed by atoms with Crippen LogP contribution in [0.2, 0.25) is 0 Å². The summed E-state index contributed by atoms with van der Waals surface area (Å²) in [6.45, 7) is 3.30. The molecule has 0 spiro atoms. The smallest absolute Gasteiger partial charge is 0.226 e. The summed E-state index contributed by atoms with van der Waals surface area (Å²) in [7, 11) is -3.25. The van der Waals surface area contributed by atoms with Crippen molar-refractivity contribution < 1.29 is 13.2 Å². The number of carbonyl (C=O) groups is 1. The summed E-state index contributed by atoms with van der Waals surface area (Å²) in [6, 6.07) is 16.6. The van der Waals surface area contributed by atoms with Gasteiger partial charge in [-0.25, -0.2) is 8.42 Å². The van der Waals surface area contributed by atoms with Crippen LogP contribution >= 0.6 is 0 Å². The Hall–Kier alpha value is -2.14. The number of likely N-dealkylation sites (tertiary alicyclic amines) is 1. The van der Waals surface area contributed by atoms with Crippen LogP contribution in [0.5, 0.6) is 0 Å². The maximum Gasteiger partial charge on any atom is 0.226 e. The summed E-state index contributed by atoms with van der Waals surface area (Å²) in [5, 5.41) is 0. The van der Waals surface area contributed by atoms with Crippen LogP contribution in [-0.2, 0) is 21.1 Å². The molecule has 0 N–H and O–H groups in total. The Morgan fingerprint density at radius 2 is 1.73 bits per heavy atom. The molecular weight excluding hydrogens is 346 g/mol. The van der Waals surface area contributed by atoms with E-state index in [2.05, 4.69) is 0 Å². The second-order valence-electron chi connectivity index (χ2n) is 7.08. The molecule has 0 saturated carbocycles. The molecule has 138 valence electrons. The largest absolute Gasteiger partial charge is 0.342 e. The molecule has 0 aliphatic carbocycles. The molecule has 26 heavy (non-hydrogen) atoms. The van der Waals surface area contributed by atoms with Gasteiger partial charge in [0, 0.05) is 13.1 Å². The molecular formula is C21H25NO3S. The molecule has 2 aromatic rings. The lowest BCUT2D eigenvalue weighted by Gasteiger charge is -2.32. The average molecular weight is 372 g/mol. The fourth-order valence-electron chi connectivity index (χ4n) is 3.49. The Labute approximate surface area is 155 Å². The van der Waals surface area contributed by atoms with Gasteiger partial charge < -0.3 is 4.90 Å². The number of carbonyl (C=O) groups excluding carboxylic acids is 1. The van der Waals surface area contributed by atoms with Crippen molar-refractivity contribution >= 4 is 15.7 Å². The summed E-state index contributed by atoms with van der Waals surface area (Å²) in [6.07, 6.45) is 1.89. The molecule has 0 bridgehead atoms. The Bertz CT molecular complexity index is 854. The van der Waals surface area contributed by atoms with E-state index in [1.807, 2.05) is 42.2 Å². The van der Waals surface area contributed by atoms with Crippen LogP contribution < -0.4 is 0 Å². The second kappa shape index (κ2) is 8.04. The number of hydrogen-bond donors (Lipinski definition) is 0. The standard InChI is InChI=1S/C21H25NO3S/c1-17-6-5-7-19(14-17)15-21(23)22-12-10-18(11-13-22)16-26(24,25)20-8-3-2-4-9-20/h2-9,14,18H,10-13,15-16H2,1H3. The van der Waals surface area contributed by atoms with Crippen molar-refractivity contribution in [1.82, 2.24) is 4.90 Å². The second-order valence-corrected chi connectivity index (χ2v) is 9.12. The van der Waals surface area contributed by atoms with Gasteiger partial charge in [-0.15, -0.1) is 0 Å². The van der Waals surface area contributed by atoms with Crippen LogP contribution in [0.3, 0.4) is 0 Å². The molecule has 5 heteroatoms. The van der Waals surface area contributed by atoms with Gasteiger partial charge in [0.2, 0.25) is 5.91 Å². The van der Waals surface area contributed by atoms with E-state index in [1.165, 1.54) is 0 Å². The molecule has 1 aliphatic heterocycles. The van der Waals surface area contributed by atoms with Crippen molar-refractivity contribution in [3.05, 3.63) is 65.7 Å². The normalized spacial score (nSPS) is 15.8. The molecule has 1 aliphatic rings. The number of piperidine rings is 1. The van der Waals surface area contributed by atoms with Crippen molar-refractivity contribution in [3.63, 3.8) is 0 Å². The lowest BCUT2D eigenvalue weighted by molar-refractivity contribution is -0.131. The van der Waals surface area contributed by atoms with Gasteiger partial charge in [0.05, 0.1) is 17.1 Å². The molecule has 1 saturated heterocycles. The Morgan fingerprint density at radius 1 is 1.04 bits per heavy atom. The molecule has 0 radical (unpaired) electrons. The zero-order valence-electron chi connectivity index (χ0n) is 15.1. The number of sulfone groups is 1. The van der Waals surface area contributed by atoms with Gasteiger partial charge in [0.25, 0.3) is 0 Å². The monoisotopic (exact) mass is 371 g/mol. The van der Waals surface area contributed by atoms with Crippen molar-refractivity contribution in [2.24, 2.45) is 5.92 Å². The van der Waals surface area contributed by atoms with Gasteiger partial charge >= 0.3 is 0 Å². The number of rotatable bonds is 5. The minimum Gasteiger partial charge on any atom is -0.342 e. The van der Waals surface area contributed by atoms with Crippen LogP contribution in [0.15, 0.2) is 59.5 Å². The van der Waals surface area contributed by atoms with Crippen LogP contribution in [0.1, 0.15) is 24.0 Å². The number of aryl methyl sites for hydroxylation is 1. The van der Waals surface area contributed by atoms with Gasteiger partial charge in [-0.2, -0.15) is 0 Å². The summed E-state index contributed by atoms with van der Waals surface area (Å²) in [5.41, 5.74) is 2.18. The first-order valence-corrected chi connectivity index (χ1v) is 10.7. The Morgan fingerprint density at radius 3 is 2.38 bits per heavy atom. The van der Waals surface area contributed by atoms with Crippen LogP contribution in [0.25, 0.3) is 0 Å². The van der Waals surface area contributed by atoms with E-state index in [0.29, 0.717) is 24.4 Å². The van der Waals surface area contributed by atoms with Crippen molar-refractivity contribution in [3.8, 4) is 0 Å². The molecule has 1 heterocycles. The van der Waals surface area contributed by atoms with Gasteiger partial charge in [-0.3, -0.25) is 4.79 Å². The summed E-state index contributed by atoms with van der Waals surface area (Å²) >= 11 is 0. The average Bonchev–Trinajstić information content (AvgIpc) is 2.63. The Balaban J connectivity index is 1.53. The quantitative estimate of drug-likeness (QED) is 0.811. The topological polar surface area (TPSA) is 54.5 Å². The number of hydrogen-bond acceptors (Lipinski definition) is 3. The van der Waals surface area contributed by atoms with Crippen molar-refractivity contribution in [2.45, 2.75) is 31.1 Å². The van der Waals surface area contributed by atoms with Gasteiger partial charge in [0.15, 0.2) is 9.84 Å². The minimum atomic E-state index is -3.25. The van der Waals surface area contributed by atoms with E-state index >= 15 is 0 Å². The van der Waals surface area contributed by atoms with Crippen LogP contribution in [-0.4, -0.2) is 38.1 Å². The van der Waals surface area contributed by atoms with Gasteiger partial charge in [-0.05, 0) is 43.4 Å². The van der Waals surface area contributed by atoms with Crippen molar-refractivity contribution in [1.29, 1.82) is 0 Å². The molecule has 4 nitrogen and oxygen atoms in total. The summed E-state index contributed by atoms with van der Waals surface area (Å²) < 4.78 is 25.0. The number of benzene rings is 2. The molecule has 1 fully saturated rings. The fraction of sp³-hybridized carbons (Fsp3) is 0.381. The van der Waals surface area contributed by atoms with E-state index in [-0.39, 0.29) is 17.6 Å². The van der Waals surface area contributed by atoms with E-state index < -0.39 is 9.84 Å². The zero-order chi connectivity index (χ0) is 18.6. The highest BCUT2D eigenvalue weighted by molar-refractivity contribution is 7.91. The first-order chi connectivity index (χ1) is 12.4. The van der Waals surface area contributed by atoms with E-state index in [1.54, 1.807) is 24.3 Å². The summed E-state index contributed by atoms with van der Waals surface area (Å²) in [5.74, 6) is 0.403. The number of nitrogens with zero attached hydrogens (tertiary/aromatic N) is 1. The summed E-state index contributed by atoms with van der Waals surface area (Å²) in [4.78, 5) is 14.8. The first kappa shape index (κ1) is 18.6. The lowest BCUT2D eigenvalue weighted by Crippen LogP contribution is -2.40. The maximum absolute atomic E-state index is 12.5. The zero-order valence-corrected chi connectivity index (χ0v) is 15.9. The highest BCUT2D eigenvalue weighted by atomic mass is 32.2. The number of amides is 1. The molecule has 1 amide bonds. The van der Waals surface area contributed by atoms with Crippen molar-refractivity contribution in [2.75, 3.05) is 18.8 Å². The first-order valence-electron chi connectivity index (χ1n) is 9.05. The molecule has 0 unspecified atom stereocenters. The SMILES string of the molecule is Cc1cccc(CC(=O)N2CCC(CS(=O)(=O)c3ccccc3)CC2)c1. The van der Waals surface area contributed by atoms with E-state index in [0.717, 1.165) is 24.0 Å². The predicted octanol–water partition coefficient (Wildman–Crippen LogP) is 3.25. The third-order valence-corrected chi connectivity index (χ3v) is 6.86. The lowest BCUT2D eigenvalue weighted by atomic mass is 9.98. The van der Waals surface area contributed by atoms with Crippen LogP contribution in [0.4, 0.5) is 0 Å². The maximum atomic E-state index is 12.5. The van der Waals surface area contributed by atoms with Gasteiger partial charge in [0.1, 0.15) is 0 Å². The van der Waals surface area contributed by atoms with E-state index in [9.17, 15) is 13.2 Å². The molecule has 3 rings (SSSR count). The molecule has 2 aromatic carbocycles. The fourth-order valence-corrected chi connectivity index (χ4v) is 5.21. The highest BCUT2D eigenvalue weighted by Crippen LogP contribution is 2.23. The highest BCUT2D eigenvalue weighted by Gasteiger charge is 2.27. The third-order valence-electron chi connectivity index (χ3n) is 4.96. The predicted molar refractivity (Wildman–Crippen MR) is 103 cm³/mol. The van der Waals surface area contributed by atoms with Crippen LogP contribution in [0, 0.1) is 12.8 Å². The molecule has 0 aromatic heterocycles.